The first-order valence-corrected chi connectivity index (χ1v) is 9.65. The molecule has 0 spiro atoms. The van der Waals surface area contributed by atoms with E-state index in [1.165, 1.54) is 23.8 Å². The standard InChI is InChI=1S/C21H24ClN3O/c22-18-1-3-19(4-2-18)25-15-17(20-5-9-23-13-21(20)25)14-24-10-6-16(7-11-24)8-12-26/h1-5,9,13,15-16,26H,6-8,10-12,14H2. The highest BCUT2D eigenvalue weighted by molar-refractivity contribution is 6.30. The summed E-state index contributed by atoms with van der Waals surface area (Å²) in [6, 6.07) is 10.0. The Bertz CT molecular complexity index is 867. The Hall–Kier alpha value is -1.88. The van der Waals surface area contributed by atoms with E-state index in [0.29, 0.717) is 12.5 Å². The summed E-state index contributed by atoms with van der Waals surface area (Å²) in [7, 11) is 0. The zero-order valence-corrected chi connectivity index (χ0v) is 15.6. The van der Waals surface area contributed by atoms with E-state index in [4.69, 9.17) is 16.7 Å². The van der Waals surface area contributed by atoms with Crippen LogP contribution in [0.5, 0.6) is 0 Å². The summed E-state index contributed by atoms with van der Waals surface area (Å²) < 4.78 is 2.20. The summed E-state index contributed by atoms with van der Waals surface area (Å²) in [6.45, 7) is 3.46. The minimum absolute atomic E-state index is 0.312. The Kier molecular flexibility index (Phi) is 5.25. The molecule has 0 aliphatic carbocycles. The van der Waals surface area contributed by atoms with Gasteiger partial charge < -0.3 is 9.67 Å². The molecule has 2 aromatic heterocycles. The molecule has 1 aliphatic rings. The van der Waals surface area contributed by atoms with Crippen LogP contribution in [0.15, 0.2) is 48.9 Å². The van der Waals surface area contributed by atoms with Crippen LogP contribution in [0, 0.1) is 5.92 Å². The number of hydrogen-bond acceptors (Lipinski definition) is 3. The molecule has 0 saturated carbocycles. The van der Waals surface area contributed by atoms with Crippen molar-refractivity contribution in [2.45, 2.75) is 25.8 Å². The smallest absolute Gasteiger partial charge is 0.0715 e. The molecule has 3 heterocycles. The lowest BCUT2D eigenvalue weighted by molar-refractivity contribution is 0.153. The highest BCUT2D eigenvalue weighted by Crippen LogP contribution is 2.28. The fourth-order valence-corrected chi connectivity index (χ4v) is 4.07. The number of aliphatic hydroxyl groups is 1. The third-order valence-corrected chi connectivity index (χ3v) is 5.69. The first kappa shape index (κ1) is 17.5. The van der Waals surface area contributed by atoms with E-state index in [1.807, 2.05) is 36.7 Å². The average molecular weight is 370 g/mol. The maximum Gasteiger partial charge on any atom is 0.0715 e. The van der Waals surface area contributed by atoms with Gasteiger partial charge in [0.2, 0.25) is 0 Å². The van der Waals surface area contributed by atoms with Crippen molar-refractivity contribution in [1.29, 1.82) is 0 Å². The van der Waals surface area contributed by atoms with Crippen LogP contribution in [0.3, 0.4) is 0 Å². The van der Waals surface area contributed by atoms with Crippen LogP contribution in [0.1, 0.15) is 24.8 Å². The number of aromatic nitrogens is 2. The molecule has 1 saturated heterocycles. The van der Waals surface area contributed by atoms with Crippen LogP contribution < -0.4 is 0 Å². The van der Waals surface area contributed by atoms with E-state index in [1.54, 1.807) is 0 Å². The van der Waals surface area contributed by atoms with Crippen molar-refractivity contribution in [3.8, 4) is 5.69 Å². The Morgan fingerprint density at radius 1 is 1.12 bits per heavy atom. The summed E-state index contributed by atoms with van der Waals surface area (Å²) in [5, 5.41) is 11.1. The summed E-state index contributed by atoms with van der Waals surface area (Å²) in [6.07, 6.45) is 9.33. The summed E-state index contributed by atoms with van der Waals surface area (Å²) in [4.78, 5) is 6.85. The van der Waals surface area contributed by atoms with Crippen molar-refractivity contribution < 1.29 is 5.11 Å². The molecule has 1 fully saturated rings. The van der Waals surface area contributed by atoms with E-state index in [2.05, 4.69) is 26.7 Å². The number of halogens is 1. The van der Waals surface area contributed by atoms with Crippen LogP contribution in [-0.4, -0.2) is 39.3 Å². The van der Waals surface area contributed by atoms with Gasteiger partial charge in [0.15, 0.2) is 0 Å². The number of aliphatic hydroxyl groups excluding tert-OH is 1. The number of pyridine rings is 1. The fraction of sp³-hybridized carbons (Fsp3) is 0.381. The number of piperidine rings is 1. The molecular formula is C21H24ClN3O. The summed E-state index contributed by atoms with van der Waals surface area (Å²) in [5.74, 6) is 0.677. The van der Waals surface area contributed by atoms with Gasteiger partial charge in [-0.15, -0.1) is 0 Å². The molecule has 4 rings (SSSR count). The Labute approximate surface area is 159 Å². The summed E-state index contributed by atoms with van der Waals surface area (Å²) in [5.41, 5.74) is 3.55. The second-order valence-corrected chi connectivity index (χ2v) is 7.56. The Morgan fingerprint density at radius 3 is 2.62 bits per heavy atom. The highest BCUT2D eigenvalue weighted by Gasteiger charge is 2.20. The molecule has 0 unspecified atom stereocenters. The van der Waals surface area contributed by atoms with Gasteiger partial charge in [0.1, 0.15) is 0 Å². The lowest BCUT2D eigenvalue weighted by Gasteiger charge is -2.31. The molecule has 0 radical (unpaired) electrons. The third kappa shape index (κ3) is 3.63. The van der Waals surface area contributed by atoms with Gasteiger partial charge in [-0.1, -0.05) is 11.6 Å². The van der Waals surface area contributed by atoms with E-state index < -0.39 is 0 Å². The SMILES string of the molecule is OCCC1CCN(Cc2cn(-c3ccc(Cl)cc3)c3cnccc23)CC1. The molecule has 0 amide bonds. The quantitative estimate of drug-likeness (QED) is 0.730. The van der Waals surface area contributed by atoms with E-state index >= 15 is 0 Å². The van der Waals surface area contributed by atoms with Crippen molar-refractivity contribution in [1.82, 2.24) is 14.5 Å². The van der Waals surface area contributed by atoms with Gasteiger partial charge in [-0.2, -0.15) is 0 Å². The van der Waals surface area contributed by atoms with Gasteiger partial charge in [0, 0.05) is 41.6 Å². The molecule has 26 heavy (non-hydrogen) atoms. The molecule has 136 valence electrons. The predicted molar refractivity (Wildman–Crippen MR) is 106 cm³/mol. The number of likely N-dealkylation sites (tertiary alicyclic amines) is 1. The van der Waals surface area contributed by atoms with Crippen LogP contribution in [0.4, 0.5) is 0 Å². The van der Waals surface area contributed by atoms with Gasteiger partial charge in [-0.05, 0) is 74.2 Å². The van der Waals surface area contributed by atoms with Crippen molar-refractivity contribution in [3.05, 3.63) is 59.5 Å². The minimum atomic E-state index is 0.312. The minimum Gasteiger partial charge on any atom is -0.396 e. The van der Waals surface area contributed by atoms with Gasteiger partial charge >= 0.3 is 0 Å². The van der Waals surface area contributed by atoms with Gasteiger partial charge in [-0.25, -0.2) is 0 Å². The Balaban J connectivity index is 1.59. The monoisotopic (exact) mass is 369 g/mol. The van der Waals surface area contributed by atoms with Gasteiger partial charge in [-0.3, -0.25) is 9.88 Å². The van der Waals surface area contributed by atoms with Gasteiger partial charge in [0.05, 0.1) is 11.7 Å². The molecule has 4 nitrogen and oxygen atoms in total. The van der Waals surface area contributed by atoms with Crippen molar-refractivity contribution in [3.63, 3.8) is 0 Å². The number of benzene rings is 1. The molecule has 1 aromatic carbocycles. The van der Waals surface area contributed by atoms with E-state index in [-0.39, 0.29) is 0 Å². The number of nitrogens with zero attached hydrogens (tertiary/aromatic N) is 3. The van der Waals surface area contributed by atoms with Gasteiger partial charge in [0.25, 0.3) is 0 Å². The van der Waals surface area contributed by atoms with Crippen molar-refractivity contribution >= 4 is 22.5 Å². The molecule has 5 heteroatoms. The first-order valence-electron chi connectivity index (χ1n) is 9.27. The highest BCUT2D eigenvalue weighted by atomic mass is 35.5. The van der Waals surface area contributed by atoms with Crippen molar-refractivity contribution in [2.75, 3.05) is 19.7 Å². The lowest BCUT2D eigenvalue weighted by Crippen LogP contribution is -2.33. The second kappa shape index (κ2) is 7.78. The van der Waals surface area contributed by atoms with E-state index in [0.717, 1.165) is 42.3 Å². The van der Waals surface area contributed by atoms with Crippen molar-refractivity contribution in [2.24, 2.45) is 5.92 Å². The average Bonchev–Trinajstić information content (AvgIpc) is 3.03. The third-order valence-electron chi connectivity index (χ3n) is 5.43. The number of rotatable bonds is 5. The fourth-order valence-electron chi connectivity index (χ4n) is 3.94. The molecule has 0 bridgehead atoms. The largest absolute Gasteiger partial charge is 0.396 e. The van der Waals surface area contributed by atoms with Crippen LogP contribution in [0.25, 0.3) is 16.6 Å². The maximum absolute atomic E-state index is 9.14. The Morgan fingerprint density at radius 2 is 1.88 bits per heavy atom. The zero-order valence-electron chi connectivity index (χ0n) is 14.8. The number of hydrogen-bond donors (Lipinski definition) is 1. The van der Waals surface area contributed by atoms with Crippen LogP contribution >= 0.6 is 11.6 Å². The lowest BCUT2D eigenvalue weighted by atomic mass is 9.94. The topological polar surface area (TPSA) is 41.3 Å². The molecule has 0 atom stereocenters. The normalized spacial score (nSPS) is 16.4. The molecule has 1 N–H and O–H groups in total. The zero-order chi connectivity index (χ0) is 17.9. The summed E-state index contributed by atoms with van der Waals surface area (Å²) >= 11 is 6.04. The molecular weight excluding hydrogens is 346 g/mol. The maximum atomic E-state index is 9.14. The number of fused-ring (bicyclic) bond motifs is 1. The molecule has 3 aromatic rings. The predicted octanol–water partition coefficient (Wildman–Crippen LogP) is 4.27. The second-order valence-electron chi connectivity index (χ2n) is 7.13. The first-order chi connectivity index (χ1) is 12.7. The van der Waals surface area contributed by atoms with Crippen LogP contribution in [0.2, 0.25) is 5.02 Å². The molecule has 1 aliphatic heterocycles. The van der Waals surface area contributed by atoms with E-state index in [9.17, 15) is 0 Å². The van der Waals surface area contributed by atoms with Crippen LogP contribution in [-0.2, 0) is 6.54 Å².